The molecule has 7 nitrogen and oxygen atoms in total. The van der Waals surface area contributed by atoms with Crippen LogP contribution in [0.4, 0.5) is 0 Å². The number of hydrogen-bond donors (Lipinski definition) is 0. The van der Waals surface area contributed by atoms with Crippen molar-refractivity contribution in [2.75, 3.05) is 0 Å². The second-order valence-electron chi connectivity index (χ2n) is 9.50. The third-order valence-corrected chi connectivity index (χ3v) is 10.4. The Morgan fingerprint density at radius 2 is 1.81 bits per heavy atom. The van der Waals surface area contributed by atoms with Crippen LogP contribution in [0.25, 0.3) is 0 Å². The highest BCUT2D eigenvalue weighted by Crippen LogP contribution is 2.70. The van der Waals surface area contributed by atoms with Crippen LogP contribution in [0.3, 0.4) is 0 Å². The summed E-state index contributed by atoms with van der Waals surface area (Å²) in [7, 11) is -4.38. The fourth-order valence-electron chi connectivity index (χ4n) is 6.03. The highest BCUT2D eigenvalue weighted by Gasteiger charge is 2.76. The average molecular weight is 473 g/mol. The van der Waals surface area contributed by atoms with Crippen LogP contribution in [0.1, 0.15) is 48.3 Å². The first-order valence-corrected chi connectivity index (χ1v) is 12.9. The number of carbonyl (C=O) groups is 3. The normalized spacial score (nSPS) is 28.3. The number of sulfonamides is 1. The molecule has 1 aromatic carbocycles. The number of amides is 2. The van der Waals surface area contributed by atoms with E-state index in [1.165, 1.54) is 18.2 Å². The van der Waals surface area contributed by atoms with Gasteiger partial charge in [-0.1, -0.05) is 37.6 Å². The van der Waals surface area contributed by atoms with Crippen molar-refractivity contribution in [1.82, 2.24) is 9.42 Å². The van der Waals surface area contributed by atoms with E-state index >= 15 is 0 Å². The first-order chi connectivity index (χ1) is 15.0. The molecular formula is C23H24N2O5S2. The molecule has 168 valence electrons. The molecule has 1 saturated heterocycles. The molecule has 2 amide bonds. The average Bonchev–Trinajstić information content (AvgIpc) is 3.48. The van der Waals surface area contributed by atoms with Crippen LogP contribution in [0.15, 0.2) is 46.7 Å². The number of rotatable bonds is 4. The highest BCUT2D eigenvalue weighted by molar-refractivity contribution is 7.89. The Kier molecular flexibility index (Phi) is 4.49. The third kappa shape index (κ3) is 2.52. The van der Waals surface area contributed by atoms with E-state index in [1.54, 1.807) is 23.6 Å². The number of ketones is 1. The Morgan fingerprint density at radius 1 is 1.12 bits per heavy atom. The van der Waals surface area contributed by atoms with Gasteiger partial charge in [0.2, 0.25) is 0 Å². The molecule has 2 saturated carbocycles. The lowest BCUT2D eigenvalue weighted by Crippen LogP contribution is -2.52. The second-order valence-corrected chi connectivity index (χ2v) is 12.2. The predicted molar refractivity (Wildman–Crippen MR) is 118 cm³/mol. The van der Waals surface area contributed by atoms with Crippen molar-refractivity contribution >= 4 is 39.0 Å². The maximum atomic E-state index is 13.9. The largest absolute Gasteiger partial charge is 0.315 e. The van der Waals surface area contributed by atoms with Gasteiger partial charge in [0.05, 0.1) is 21.2 Å². The fourth-order valence-corrected chi connectivity index (χ4v) is 8.17. The minimum absolute atomic E-state index is 0.0819. The van der Waals surface area contributed by atoms with Gasteiger partial charge in [0.25, 0.3) is 21.7 Å². The number of carbonyl (C=O) groups excluding carboxylic acids is 3. The van der Waals surface area contributed by atoms with Crippen LogP contribution in [0.2, 0.25) is 0 Å². The molecule has 3 fully saturated rings. The van der Waals surface area contributed by atoms with Crippen LogP contribution in [0.5, 0.6) is 0 Å². The van der Waals surface area contributed by atoms with Gasteiger partial charge in [0.15, 0.2) is 0 Å². The van der Waals surface area contributed by atoms with Gasteiger partial charge in [-0.2, -0.15) is 8.42 Å². The first kappa shape index (κ1) is 21.3. The number of hydrazine groups is 1. The molecule has 1 aromatic heterocycles. The maximum Gasteiger partial charge on any atom is 0.315 e. The molecule has 0 N–H and O–H groups in total. The summed E-state index contributed by atoms with van der Waals surface area (Å²) in [5, 5.41) is 2.65. The Balaban J connectivity index is 1.67. The summed E-state index contributed by atoms with van der Waals surface area (Å²) in [5.74, 6) is -2.18. The minimum atomic E-state index is -4.38. The maximum absolute atomic E-state index is 13.9. The van der Waals surface area contributed by atoms with Crippen molar-refractivity contribution in [3.8, 4) is 0 Å². The summed E-state index contributed by atoms with van der Waals surface area (Å²) < 4.78 is 28.0. The van der Waals surface area contributed by atoms with Crippen molar-refractivity contribution in [2.45, 2.75) is 51.0 Å². The molecule has 3 atom stereocenters. The van der Waals surface area contributed by atoms with Gasteiger partial charge in [-0.3, -0.25) is 14.4 Å². The van der Waals surface area contributed by atoms with Crippen LogP contribution < -0.4 is 0 Å². The van der Waals surface area contributed by atoms with Gasteiger partial charge in [-0.15, -0.1) is 15.8 Å². The van der Waals surface area contributed by atoms with E-state index < -0.39 is 44.5 Å². The third-order valence-electron chi connectivity index (χ3n) is 7.87. The van der Waals surface area contributed by atoms with Crippen LogP contribution in [-0.4, -0.2) is 41.5 Å². The lowest BCUT2D eigenvalue weighted by molar-refractivity contribution is -0.145. The second kappa shape index (κ2) is 6.74. The molecule has 2 heterocycles. The number of nitrogens with zero attached hydrogens (tertiary/aromatic N) is 2. The molecule has 1 spiro atoms. The van der Waals surface area contributed by atoms with Crippen molar-refractivity contribution in [2.24, 2.45) is 16.7 Å². The molecule has 2 aliphatic carbocycles. The molecule has 32 heavy (non-hydrogen) atoms. The summed E-state index contributed by atoms with van der Waals surface area (Å²) in [6.07, 6.45) is 1.81. The Bertz CT molecular complexity index is 1230. The fraction of sp³-hybridized carbons (Fsp3) is 0.435. The Labute approximate surface area is 191 Å². The SMILES string of the molecule is Cc1ccc(S(=O)(=O)N2C(=O)C34CCC(CC3N2C(=O)C(=O)c2cccs2)C4(C)C)cc1. The monoisotopic (exact) mass is 472 g/mol. The smallest absolute Gasteiger partial charge is 0.282 e. The zero-order valence-corrected chi connectivity index (χ0v) is 19.7. The number of aryl methyl sites for hydroxylation is 1. The van der Waals surface area contributed by atoms with Crippen LogP contribution in [-0.2, 0) is 19.6 Å². The van der Waals surface area contributed by atoms with E-state index in [9.17, 15) is 22.8 Å². The molecule has 2 bridgehead atoms. The predicted octanol–water partition coefficient (Wildman–Crippen LogP) is 3.41. The number of benzene rings is 1. The number of hydrogen-bond acceptors (Lipinski definition) is 6. The Morgan fingerprint density at radius 3 is 2.41 bits per heavy atom. The molecule has 3 unspecified atom stereocenters. The van der Waals surface area contributed by atoms with Crippen molar-refractivity contribution in [3.63, 3.8) is 0 Å². The van der Waals surface area contributed by atoms with Crippen molar-refractivity contribution in [1.29, 1.82) is 0 Å². The van der Waals surface area contributed by atoms with Crippen LogP contribution >= 0.6 is 11.3 Å². The van der Waals surface area contributed by atoms with Gasteiger partial charge >= 0.3 is 5.91 Å². The van der Waals surface area contributed by atoms with Gasteiger partial charge in [0, 0.05) is 0 Å². The van der Waals surface area contributed by atoms with Gasteiger partial charge < -0.3 is 0 Å². The summed E-state index contributed by atoms with van der Waals surface area (Å²) in [5.41, 5.74) is -0.620. The summed E-state index contributed by atoms with van der Waals surface area (Å²) in [6, 6.07) is 8.67. The minimum Gasteiger partial charge on any atom is -0.282 e. The zero-order chi connectivity index (χ0) is 23.1. The Hall–Kier alpha value is -2.52. The quantitative estimate of drug-likeness (QED) is 0.502. The summed E-state index contributed by atoms with van der Waals surface area (Å²) in [6.45, 7) is 5.79. The lowest BCUT2D eigenvalue weighted by Gasteiger charge is -2.34. The summed E-state index contributed by atoms with van der Waals surface area (Å²) >= 11 is 1.11. The standard InChI is InChI=1S/C23H24N2O5S2/c1-14-6-8-16(9-7-14)32(29,30)25-21(28)23-11-10-15(22(23,2)3)13-18(23)24(25)20(27)19(26)17-5-4-12-31-17/h4-9,12,15,18H,10-11,13H2,1-3H3. The lowest BCUT2D eigenvalue weighted by atomic mass is 9.68. The molecule has 0 radical (unpaired) electrons. The summed E-state index contributed by atoms with van der Waals surface area (Å²) in [4.78, 5) is 40.6. The highest BCUT2D eigenvalue weighted by atomic mass is 32.2. The number of Topliss-reactive ketones (excluding diaryl/α,β-unsaturated/α-hetero) is 1. The van der Waals surface area contributed by atoms with Gasteiger partial charge in [-0.25, -0.2) is 5.01 Å². The van der Waals surface area contributed by atoms with E-state index in [4.69, 9.17) is 0 Å². The van der Waals surface area contributed by atoms with E-state index in [0.717, 1.165) is 28.3 Å². The molecule has 3 aliphatic rings. The number of fused-ring (bicyclic) bond motifs is 1. The molecule has 9 heteroatoms. The van der Waals surface area contributed by atoms with Crippen molar-refractivity contribution < 1.29 is 22.8 Å². The van der Waals surface area contributed by atoms with E-state index in [-0.39, 0.29) is 15.7 Å². The van der Waals surface area contributed by atoms with E-state index in [2.05, 4.69) is 0 Å². The number of thiophene rings is 1. The molecule has 2 aromatic rings. The van der Waals surface area contributed by atoms with Crippen LogP contribution in [0, 0.1) is 23.7 Å². The molecular weight excluding hydrogens is 448 g/mol. The molecule has 1 aliphatic heterocycles. The first-order valence-electron chi connectivity index (χ1n) is 10.6. The van der Waals surface area contributed by atoms with Gasteiger partial charge in [-0.05, 0) is 61.1 Å². The topological polar surface area (TPSA) is 91.8 Å². The van der Waals surface area contributed by atoms with Gasteiger partial charge in [0.1, 0.15) is 0 Å². The van der Waals surface area contributed by atoms with E-state index in [1.807, 2.05) is 20.8 Å². The molecule has 5 rings (SSSR count). The van der Waals surface area contributed by atoms with Crippen molar-refractivity contribution in [3.05, 3.63) is 52.2 Å². The zero-order valence-electron chi connectivity index (χ0n) is 18.1. The van der Waals surface area contributed by atoms with E-state index in [0.29, 0.717) is 17.3 Å².